The van der Waals surface area contributed by atoms with E-state index in [2.05, 4.69) is 6.58 Å². The molecule has 0 bridgehead atoms. The first-order valence-electron chi connectivity index (χ1n) is 10.3. The van der Waals surface area contributed by atoms with Crippen molar-refractivity contribution in [2.45, 2.75) is 32.2 Å². The number of Topliss-reactive ketones (excluding diaryl/α,β-unsaturated/α-hetero) is 1. The van der Waals surface area contributed by atoms with E-state index in [-0.39, 0.29) is 29.3 Å². The average Bonchev–Trinajstić information content (AvgIpc) is 3.06. The number of nitrogens with zero attached hydrogens (tertiary/aromatic N) is 2. The Morgan fingerprint density at radius 2 is 1.84 bits per heavy atom. The van der Waals surface area contributed by atoms with Crippen molar-refractivity contribution in [2.75, 3.05) is 32.9 Å². The lowest BCUT2D eigenvalue weighted by atomic mass is 10.1. The summed E-state index contributed by atoms with van der Waals surface area (Å²) < 4.78 is 39.8. The predicted octanol–water partition coefficient (Wildman–Crippen LogP) is 2.66. The van der Waals surface area contributed by atoms with E-state index in [0.29, 0.717) is 30.9 Å². The third-order valence-electron chi connectivity index (χ3n) is 5.53. The summed E-state index contributed by atoms with van der Waals surface area (Å²) in [6.07, 6.45) is 1.74. The van der Waals surface area contributed by atoms with E-state index in [1.54, 1.807) is 25.1 Å². The van der Waals surface area contributed by atoms with Crippen LogP contribution in [0.3, 0.4) is 0 Å². The molecular weight excluding hydrogens is 432 g/mol. The summed E-state index contributed by atoms with van der Waals surface area (Å²) in [7, 11) is -3.77. The van der Waals surface area contributed by atoms with Crippen LogP contribution in [0.15, 0.2) is 41.8 Å². The van der Waals surface area contributed by atoms with Crippen molar-refractivity contribution < 1.29 is 27.5 Å². The zero-order valence-electron chi connectivity index (χ0n) is 18.6. The highest BCUT2D eigenvalue weighted by atomic mass is 32.2. The highest BCUT2D eigenvalue weighted by Gasteiger charge is 2.28. The van der Waals surface area contributed by atoms with Crippen molar-refractivity contribution in [2.24, 2.45) is 0 Å². The van der Waals surface area contributed by atoms with E-state index in [0.717, 1.165) is 11.4 Å². The van der Waals surface area contributed by atoms with Gasteiger partial charge in [-0.2, -0.15) is 4.31 Å². The Morgan fingerprint density at radius 3 is 2.50 bits per heavy atom. The van der Waals surface area contributed by atoms with Gasteiger partial charge in [0, 0.05) is 36.6 Å². The van der Waals surface area contributed by atoms with Gasteiger partial charge in [0.1, 0.15) is 0 Å². The molecule has 2 aromatic rings. The summed E-state index contributed by atoms with van der Waals surface area (Å²) in [4.78, 5) is 25.3. The summed E-state index contributed by atoms with van der Waals surface area (Å²) in [5, 5.41) is 0. The van der Waals surface area contributed by atoms with Gasteiger partial charge in [0.25, 0.3) is 0 Å². The minimum Gasteiger partial charge on any atom is -0.454 e. The number of ether oxygens (including phenoxy) is 2. The van der Waals surface area contributed by atoms with E-state index in [4.69, 9.17) is 9.47 Å². The number of benzene rings is 1. The number of esters is 1. The van der Waals surface area contributed by atoms with Crippen molar-refractivity contribution in [3.05, 3.63) is 65.0 Å². The highest BCUT2D eigenvalue weighted by molar-refractivity contribution is 7.89. The Hall–Kier alpha value is -2.75. The van der Waals surface area contributed by atoms with Gasteiger partial charge < -0.3 is 14.0 Å². The minimum atomic E-state index is -3.77. The standard InChI is InChI=1S/C23H28N2O6S/c1-5-8-25-17(3)13-20(18(25)4)21(26)15-31-23(27)19-7-6-16(2)22(14-19)32(28,29)24-9-11-30-12-10-24/h5-7,13-14H,1,8-12,15H2,2-4H3. The number of hydrogen-bond acceptors (Lipinski definition) is 6. The first kappa shape index (κ1) is 23.9. The van der Waals surface area contributed by atoms with Crippen molar-refractivity contribution >= 4 is 21.8 Å². The maximum Gasteiger partial charge on any atom is 0.338 e. The Bertz CT molecular complexity index is 1140. The molecule has 0 atom stereocenters. The van der Waals surface area contributed by atoms with Crippen LogP contribution in [0.5, 0.6) is 0 Å². The Balaban J connectivity index is 1.75. The molecule has 1 aromatic carbocycles. The van der Waals surface area contributed by atoms with E-state index < -0.39 is 22.6 Å². The van der Waals surface area contributed by atoms with Crippen molar-refractivity contribution in [1.82, 2.24) is 8.87 Å². The van der Waals surface area contributed by atoms with E-state index in [1.165, 1.54) is 16.4 Å². The Kier molecular flexibility index (Phi) is 7.33. The Labute approximate surface area is 188 Å². The summed E-state index contributed by atoms with van der Waals surface area (Å²) in [5.74, 6) is -1.08. The number of morpholine rings is 1. The lowest BCUT2D eigenvalue weighted by Gasteiger charge is -2.26. The average molecular weight is 461 g/mol. The maximum atomic E-state index is 13.0. The quantitative estimate of drug-likeness (QED) is 0.342. The largest absolute Gasteiger partial charge is 0.454 e. The van der Waals surface area contributed by atoms with Gasteiger partial charge in [-0.05, 0) is 44.5 Å². The van der Waals surface area contributed by atoms with Gasteiger partial charge in [0.2, 0.25) is 15.8 Å². The highest BCUT2D eigenvalue weighted by Crippen LogP contribution is 2.23. The number of aromatic nitrogens is 1. The topological polar surface area (TPSA) is 94.9 Å². The van der Waals surface area contributed by atoms with Gasteiger partial charge in [0.05, 0.1) is 23.7 Å². The van der Waals surface area contributed by atoms with Crippen LogP contribution in [0.2, 0.25) is 0 Å². The van der Waals surface area contributed by atoms with Crippen LogP contribution in [-0.2, 0) is 26.0 Å². The number of carbonyl (C=O) groups is 2. The molecule has 172 valence electrons. The molecule has 3 rings (SSSR count). The van der Waals surface area contributed by atoms with Gasteiger partial charge in [-0.15, -0.1) is 6.58 Å². The van der Waals surface area contributed by atoms with Crippen LogP contribution < -0.4 is 0 Å². The fourth-order valence-corrected chi connectivity index (χ4v) is 5.38. The molecule has 0 saturated carbocycles. The van der Waals surface area contributed by atoms with Gasteiger partial charge in [-0.3, -0.25) is 4.79 Å². The van der Waals surface area contributed by atoms with Crippen molar-refractivity contribution in [3.63, 3.8) is 0 Å². The molecule has 0 aliphatic carbocycles. The minimum absolute atomic E-state index is 0.0492. The molecule has 32 heavy (non-hydrogen) atoms. The molecular formula is C23H28N2O6S. The van der Waals surface area contributed by atoms with Crippen LogP contribution in [-0.4, -0.2) is 62.0 Å². The van der Waals surface area contributed by atoms with Crippen LogP contribution >= 0.6 is 0 Å². The molecule has 0 radical (unpaired) electrons. The molecule has 0 N–H and O–H groups in total. The van der Waals surface area contributed by atoms with E-state index >= 15 is 0 Å². The number of carbonyl (C=O) groups excluding carboxylic acids is 2. The fraction of sp³-hybridized carbons (Fsp3) is 0.391. The monoisotopic (exact) mass is 460 g/mol. The molecule has 9 heteroatoms. The first-order valence-corrected chi connectivity index (χ1v) is 11.8. The number of rotatable bonds is 8. The van der Waals surface area contributed by atoms with Crippen LogP contribution in [0.1, 0.15) is 37.7 Å². The summed E-state index contributed by atoms with van der Waals surface area (Å²) in [6.45, 7) is 10.4. The van der Waals surface area contributed by atoms with Gasteiger partial charge in [-0.25, -0.2) is 13.2 Å². The molecule has 0 unspecified atom stereocenters. The summed E-state index contributed by atoms with van der Waals surface area (Å²) in [5.41, 5.74) is 2.77. The molecule has 1 fully saturated rings. The zero-order valence-corrected chi connectivity index (χ0v) is 19.4. The lowest BCUT2D eigenvalue weighted by Crippen LogP contribution is -2.40. The van der Waals surface area contributed by atoms with Crippen LogP contribution in [0.25, 0.3) is 0 Å². The summed E-state index contributed by atoms with van der Waals surface area (Å²) >= 11 is 0. The molecule has 8 nitrogen and oxygen atoms in total. The second kappa shape index (κ2) is 9.81. The third-order valence-corrected chi connectivity index (χ3v) is 7.57. The molecule has 0 amide bonds. The molecule has 0 spiro atoms. The maximum absolute atomic E-state index is 13.0. The Morgan fingerprint density at radius 1 is 1.16 bits per heavy atom. The van der Waals surface area contributed by atoms with E-state index in [1.807, 2.05) is 18.4 Å². The predicted molar refractivity (Wildman–Crippen MR) is 119 cm³/mol. The summed E-state index contributed by atoms with van der Waals surface area (Å²) in [6, 6.07) is 6.13. The number of hydrogen-bond donors (Lipinski definition) is 0. The van der Waals surface area contributed by atoms with Gasteiger partial charge >= 0.3 is 5.97 Å². The molecule has 1 aliphatic rings. The number of allylic oxidation sites excluding steroid dienone is 1. The zero-order chi connectivity index (χ0) is 23.5. The molecule has 2 heterocycles. The number of sulfonamides is 1. The van der Waals surface area contributed by atoms with Crippen molar-refractivity contribution in [1.29, 1.82) is 0 Å². The lowest BCUT2D eigenvalue weighted by molar-refractivity contribution is 0.0474. The van der Waals surface area contributed by atoms with Gasteiger partial charge in [0.15, 0.2) is 6.61 Å². The molecule has 1 aromatic heterocycles. The smallest absolute Gasteiger partial charge is 0.338 e. The SMILES string of the molecule is C=CCn1c(C)cc(C(=O)COC(=O)c2ccc(C)c(S(=O)(=O)N3CCOCC3)c2)c1C. The first-order chi connectivity index (χ1) is 15.2. The second-order valence-corrected chi connectivity index (χ2v) is 9.59. The fourth-order valence-electron chi connectivity index (χ4n) is 3.72. The molecule has 1 saturated heterocycles. The van der Waals surface area contributed by atoms with Crippen LogP contribution in [0, 0.1) is 20.8 Å². The van der Waals surface area contributed by atoms with Crippen LogP contribution in [0.4, 0.5) is 0 Å². The third kappa shape index (κ3) is 4.85. The number of aryl methyl sites for hydroxylation is 2. The molecule has 1 aliphatic heterocycles. The van der Waals surface area contributed by atoms with E-state index in [9.17, 15) is 18.0 Å². The van der Waals surface area contributed by atoms with Gasteiger partial charge in [-0.1, -0.05) is 12.1 Å². The van der Waals surface area contributed by atoms with Crippen molar-refractivity contribution in [3.8, 4) is 0 Å². The number of ketones is 1. The second-order valence-electron chi connectivity index (χ2n) is 7.68. The normalized spacial score (nSPS) is 14.8.